The zero-order valence-electron chi connectivity index (χ0n) is 10.6. The molecule has 0 unspecified atom stereocenters. The number of hydrogen-bond acceptors (Lipinski definition) is 3. The van der Waals surface area contributed by atoms with Crippen molar-refractivity contribution in [3.63, 3.8) is 0 Å². The van der Waals surface area contributed by atoms with E-state index in [-0.39, 0.29) is 11.9 Å². The molecule has 2 saturated heterocycles. The molecule has 2 N–H and O–H groups in total. The van der Waals surface area contributed by atoms with Gasteiger partial charge in [0.1, 0.15) is 6.10 Å². The molecule has 0 amide bonds. The molecular formula is C14H19FN2O. The Morgan fingerprint density at radius 3 is 2.56 bits per heavy atom. The lowest BCUT2D eigenvalue weighted by Gasteiger charge is -2.36. The number of rotatable bonds is 2. The van der Waals surface area contributed by atoms with Crippen molar-refractivity contribution in [2.24, 2.45) is 0 Å². The van der Waals surface area contributed by atoms with Gasteiger partial charge in [-0.2, -0.15) is 0 Å². The van der Waals surface area contributed by atoms with E-state index in [9.17, 15) is 4.39 Å². The maximum Gasteiger partial charge on any atom is 0.167 e. The van der Waals surface area contributed by atoms with Gasteiger partial charge in [-0.15, -0.1) is 0 Å². The molecule has 0 aromatic heterocycles. The van der Waals surface area contributed by atoms with Gasteiger partial charge >= 0.3 is 0 Å². The Labute approximate surface area is 107 Å². The van der Waals surface area contributed by atoms with Crippen LogP contribution < -0.4 is 10.5 Å². The van der Waals surface area contributed by atoms with Crippen molar-refractivity contribution in [2.45, 2.75) is 43.9 Å². The monoisotopic (exact) mass is 250 g/mol. The van der Waals surface area contributed by atoms with E-state index < -0.39 is 0 Å². The third-order valence-corrected chi connectivity index (χ3v) is 4.30. The summed E-state index contributed by atoms with van der Waals surface area (Å²) in [4.78, 5) is 2.44. The second kappa shape index (κ2) is 4.43. The van der Waals surface area contributed by atoms with E-state index in [1.165, 1.54) is 18.9 Å². The van der Waals surface area contributed by atoms with Crippen LogP contribution in [0.4, 0.5) is 10.1 Å². The maximum atomic E-state index is 13.7. The number of hydrogen-bond donors (Lipinski definition) is 1. The van der Waals surface area contributed by atoms with Gasteiger partial charge in [0.2, 0.25) is 0 Å². The molecule has 4 heteroatoms. The molecule has 0 aliphatic carbocycles. The molecule has 3 atom stereocenters. The minimum absolute atomic E-state index is 0.136. The summed E-state index contributed by atoms with van der Waals surface area (Å²) in [5, 5.41) is 0. The number of benzene rings is 1. The summed E-state index contributed by atoms with van der Waals surface area (Å²) >= 11 is 0. The normalized spacial score (nSPS) is 31.6. The van der Waals surface area contributed by atoms with E-state index in [1.54, 1.807) is 12.1 Å². The minimum Gasteiger partial charge on any atom is -0.487 e. The van der Waals surface area contributed by atoms with Crippen LogP contribution in [-0.4, -0.2) is 30.1 Å². The lowest BCUT2D eigenvalue weighted by atomic mass is 10.0. The average Bonchev–Trinajstić information content (AvgIpc) is 2.57. The van der Waals surface area contributed by atoms with E-state index >= 15 is 0 Å². The Morgan fingerprint density at radius 1 is 1.28 bits per heavy atom. The van der Waals surface area contributed by atoms with Crippen molar-refractivity contribution < 1.29 is 9.13 Å². The Kier molecular flexibility index (Phi) is 2.90. The van der Waals surface area contributed by atoms with E-state index in [2.05, 4.69) is 11.9 Å². The lowest BCUT2D eigenvalue weighted by molar-refractivity contribution is 0.0636. The highest BCUT2D eigenvalue weighted by Gasteiger charge is 2.39. The third-order valence-electron chi connectivity index (χ3n) is 4.30. The predicted molar refractivity (Wildman–Crippen MR) is 69.0 cm³/mol. The zero-order valence-corrected chi connectivity index (χ0v) is 10.6. The Morgan fingerprint density at radius 2 is 1.94 bits per heavy atom. The summed E-state index contributed by atoms with van der Waals surface area (Å²) in [7, 11) is 2.18. The van der Waals surface area contributed by atoms with Crippen molar-refractivity contribution >= 4 is 5.69 Å². The fourth-order valence-electron chi connectivity index (χ4n) is 3.25. The van der Waals surface area contributed by atoms with E-state index in [0.717, 1.165) is 12.8 Å². The minimum atomic E-state index is -0.360. The van der Waals surface area contributed by atoms with Crippen molar-refractivity contribution in [1.82, 2.24) is 4.90 Å². The second-order valence-corrected chi connectivity index (χ2v) is 5.45. The number of ether oxygens (including phenoxy) is 1. The molecule has 2 aliphatic heterocycles. The fourth-order valence-corrected chi connectivity index (χ4v) is 3.25. The van der Waals surface area contributed by atoms with Crippen LogP contribution in [0.15, 0.2) is 18.2 Å². The first kappa shape index (κ1) is 11.8. The summed E-state index contributed by atoms with van der Waals surface area (Å²) in [5.41, 5.74) is 5.96. The van der Waals surface area contributed by atoms with Gasteiger partial charge in [-0.25, -0.2) is 4.39 Å². The van der Waals surface area contributed by atoms with Crippen LogP contribution in [0.25, 0.3) is 0 Å². The number of anilines is 1. The van der Waals surface area contributed by atoms with Gasteiger partial charge in [0, 0.05) is 23.8 Å². The van der Waals surface area contributed by atoms with E-state index in [1.807, 2.05) is 0 Å². The van der Waals surface area contributed by atoms with Gasteiger partial charge in [0.25, 0.3) is 0 Å². The van der Waals surface area contributed by atoms with E-state index in [0.29, 0.717) is 23.5 Å². The van der Waals surface area contributed by atoms with Gasteiger partial charge in [0.05, 0.1) is 0 Å². The number of piperidine rings is 1. The SMILES string of the molecule is CN1[C@@H]2CC[C@H]1C[C@H](Oc1ccc(N)cc1F)C2. The largest absolute Gasteiger partial charge is 0.487 e. The van der Waals surface area contributed by atoms with Crippen LogP contribution in [0, 0.1) is 5.82 Å². The fraction of sp³-hybridized carbons (Fsp3) is 0.571. The molecule has 2 heterocycles. The molecule has 2 fully saturated rings. The van der Waals surface area contributed by atoms with Gasteiger partial charge < -0.3 is 15.4 Å². The van der Waals surface area contributed by atoms with Gasteiger partial charge in [0.15, 0.2) is 11.6 Å². The molecule has 18 heavy (non-hydrogen) atoms. The average molecular weight is 250 g/mol. The van der Waals surface area contributed by atoms with Crippen LogP contribution in [0.1, 0.15) is 25.7 Å². The molecule has 1 aromatic rings. The summed E-state index contributed by atoms with van der Waals surface area (Å²) in [5.74, 6) is -0.0283. The summed E-state index contributed by atoms with van der Waals surface area (Å²) < 4.78 is 19.5. The Bertz CT molecular complexity index is 437. The summed E-state index contributed by atoms with van der Waals surface area (Å²) in [6, 6.07) is 5.84. The van der Waals surface area contributed by atoms with Crippen molar-refractivity contribution in [3.05, 3.63) is 24.0 Å². The number of nitrogen functional groups attached to an aromatic ring is 1. The van der Waals surface area contributed by atoms with Gasteiger partial charge in [-0.1, -0.05) is 0 Å². The van der Waals surface area contributed by atoms with Crippen LogP contribution in [0.5, 0.6) is 5.75 Å². The second-order valence-electron chi connectivity index (χ2n) is 5.45. The molecule has 98 valence electrons. The van der Waals surface area contributed by atoms with Crippen molar-refractivity contribution in [3.8, 4) is 5.75 Å². The predicted octanol–water partition coefficient (Wildman–Crippen LogP) is 2.41. The van der Waals surface area contributed by atoms with Crippen LogP contribution in [-0.2, 0) is 0 Å². The Hall–Kier alpha value is -1.29. The van der Waals surface area contributed by atoms with Gasteiger partial charge in [-0.05, 0) is 44.9 Å². The molecule has 2 aliphatic rings. The first-order chi connectivity index (χ1) is 8.63. The highest BCUT2D eigenvalue weighted by atomic mass is 19.1. The maximum absolute atomic E-state index is 13.7. The lowest BCUT2D eigenvalue weighted by Crippen LogP contribution is -2.43. The smallest absolute Gasteiger partial charge is 0.167 e. The number of nitrogens with two attached hydrogens (primary N) is 1. The van der Waals surface area contributed by atoms with Crippen molar-refractivity contribution in [2.75, 3.05) is 12.8 Å². The quantitative estimate of drug-likeness (QED) is 0.819. The molecular weight excluding hydrogens is 231 g/mol. The Balaban J connectivity index is 1.70. The summed E-state index contributed by atoms with van der Waals surface area (Å²) in [6.45, 7) is 0. The molecule has 0 radical (unpaired) electrons. The zero-order chi connectivity index (χ0) is 12.7. The number of halogens is 1. The first-order valence-electron chi connectivity index (χ1n) is 6.57. The van der Waals surface area contributed by atoms with E-state index in [4.69, 9.17) is 10.5 Å². The standard InChI is InChI=1S/C14H19FN2O/c1-17-10-3-4-11(17)8-12(7-10)18-14-5-2-9(16)6-13(14)15/h2,5-6,10-12H,3-4,7-8,16H2,1H3/t10-,11+,12-. The highest BCUT2D eigenvalue weighted by molar-refractivity contribution is 5.42. The molecule has 0 spiro atoms. The molecule has 3 rings (SSSR count). The topological polar surface area (TPSA) is 38.5 Å². The van der Waals surface area contributed by atoms with Crippen molar-refractivity contribution in [1.29, 1.82) is 0 Å². The van der Waals surface area contributed by atoms with Crippen LogP contribution in [0.3, 0.4) is 0 Å². The first-order valence-corrected chi connectivity index (χ1v) is 6.57. The molecule has 3 nitrogen and oxygen atoms in total. The number of fused-ring (bicyclic) bond motifs is 2. The van der Waals surface area contributed by atoms with Crippen LogP contribution >= 0.6 is 0 Å². The molecule has 1 aromatic carbocycles. The summed E-state index contributed by atoms with van der Waals surface area (Å²) in [6.07, 6.45) is 4.61. The van der Waals surface area contributed by atoms with Crippen LogP contribution in [0.2, 0.25) is 0 Å². The molecule has 2 bridgehead atoms. The molecule has 0 saturated carbocycles. The highest BCUT2D eigenvalue weighted by Crippen LogP contribution is 2.36. The number of nitrogens with zero attached hydrogens (tertiary/aromatic N) is 1. The third kappa shape index (κ3) is 2.05. The van der Waals surface area contributed by atoms with Gasteiger partial charge in [-0.3, -0.25) is 0 Å².